The molecule has 0 aromatic heterocycles. The fourth-order valence-corrected chi connectivity index (χ4v) is 1.23. The molecule has 0 amide bonds. The predicted octanol–water partition coefficient (Wildman–Crippen LogP) is 1.81. The summed E-state index contributed by atoms with van der Waals surface area (Å²) in [7, 11) is 0. The standard InChI is InChI=1S/C9H17NO/c10-7-4-8-11-9-5-2-1-3-6-9/h5H,1-4,6-8,10H2. The van der Waals surface area contributed by atoms with Crippen LogP contribution in [0.1, 0.15) is 32.1 Å². The molecule has 2 nitrogen and oxygen atoms in total. The first-order chi connectivity index (χ1) is 5.43. The van der Waals surface area contributed by atoms with Gasteiger partial charge in [-0.3, -0.25) is 0 Å². The molecule has 2 heteroatoms. The molecule has 0 aromatic rings. The zero-order valence-corrected chi connectivity index (χ0v) is 7.01. The summed E-state index contributed by atoms with van der Waals surface area (Å²) in [5.41, 5.74) is 5.34. The molecule has 11 heavy (non-hydrogen) atoms. The average Bonchev–Trinajstić information content (AvgIpc) is 2.07. The molecule has 0 bridgehead atoms. The van der Waals surface area contributed by atoms with Gasteiger partial charge in [0.1, 0.15) is 0 Å². The Morgan fingerprint density at radius 3 is 3.00 bits per heavy atom. The van der Waals surface area contributed by atoms with E-state index in [0.717, 1.165) is 26.0 Å². The van der Waals surface area contributed by atoms with Crippen LogP contribution in [-0.2, 0) is 4.74 Å². The molecule has 0 radical (unpaired) electrons. The largest absolute Gasteiger partial charge is 0.498 e. The molecule has 0 unspecified atom stereocenters. The van der Waals surface area contributed by atoms with Gasteiger partial charge in [0.15, 0.2) is 0 Å². The third-order valence-electron chi connectivity index (χ3n) is 1.89. The molecule has 0 heterocycles. The van der Waals surface area contributed by atoms with Gasteiger partial charge in [-0.15, -0.1) is 0 Å². The minimum Gasteiger partial charge on any atom is -0.498 e. The topological polar surface area (TPSA) is 35.2 Å². The highest BCUT2D eigenvalue weighted by Gasteiger charge is 2.02. The Labute approximate surface area is 68.4 Å². The second kappa shape index (κ2) is 5.19. The van der Waals surface area contributed by atoms with Gasteiger partial charge in [0.2, 0.25) is 0 Å². The Hall–Kier alpha value is -0.500. The molecule has 0 fully saturated rings. The molecular formula is C9H17NO. The minimum absolute atomic E-state index is 0.729. The van der Waals surface area contributed by atoms with E-state index in [-0.39, 0.29) is 0 Å². The van der Waals surface area contributed by atoms with E-state index in [1.54, 1.807) is 0 Å². The Morgan fingerprint density at radius 1 is 1.45 bits per heavy atom. The summed E-state index contributed by atoms with van der Waals surface area (Å²) >= 11 is 0. The van der Waals surface area contributed by atoms with Gasteiger partial charge in [-0.05, 0) is 38.3 Å². The van der Waals surface area contributed by atoms with Gasteiger partial charge in [-0.1, -0.05) is 0 Å². The predicted molar refractivity (Wildman–Crippen MR) is 46.2 cm³/mol. The number of rotatable bonds is 4. The lowest BCUT2D eigenvalue weighted by molar-refractivity contribution is 0.193. The van der Waals surface area contributed by atoms with E-state index in [1.165, 1.54) is 25.0 Å². The summed E-state index contributed by atoms with van der Waals surface area (Å²) in [5.74, 6) is 1.18. The highest BCUT2D eigenvalue weighted by molar-refractivity contribution is 4.96. The lowest BCUT2D eigenvalue weighted by Crippen LogP contribution is -2.05. The first-order valence-electron chi connectivity index (χ1n) is 4.45. The van der Waals surface area contributed by atoms with Gasteiger partial charge in [-0.2, -0.15) is 0 Å². The highest BCUT2D eigenvalue weighted by atomic mass is 16.5. The SMILES string of the molecule is NCCCOC1=CCCCC1. The van der Waals surface area contributed by atoms with Crippen LogP contribution in [0.15, 0.2) is 11.8 Å². The van der Waals surface area contributed by atoms with Crippen molar-refractivity contribution in [3.8, 4) is 0 Å². The van der Waals surface area contributed by atoms with Crippen molar-refractivity contribution in [2.24, 2.45) is 5.73 Å². The van der Waals surface area contributed by atoms with Crippen LogP contribution in [0.5, 0.6) is 0 Å². The second-order valence-electron chi connectivity index (χ2n) is 2.91. The van der Waals surface area contributed by atoms with Crippen molar-refractivity contribution in [3.63, 3.8) is 0 Å². The Kier molecular flexibility index (Phi) is 4.06. The molecule has 0 aliphatic heterocycles. The monoisotopic (exact) mass is 155 g/mol. The van der Waals surface area contributed by atoms with Crippen LogP contribution < -0.4 is 5.73 Å². The number of allylic oxidation sites excluding steroid dienone is 2. The van der Waals surface area contributed by atoms with Crippen LogP contribution in [0.4, 0.5) is 0 Å². The van der Waals surface area contributed by atoms with Crippen molar-refractivity contribution < 1.29 is 4.74 Å². The lowest BCUT2D eigenvalue weighted by Gasteiger charge is -2.13. The number of hydrogen-bond acceptors (Lipinski definition) is 2. The maximum absolute atomic E-state index is 5.50. The number of hydrogen-bond donors (Lipinski definition) is 1. The Balaban J connectivity index is 2.09. The van der Waals surface area contributed by atoms with Crippen molar-refractivity contribution in [3.05, 3.63) is 11.8 Å². The summed E-state index contributed by atoms with van der Waals surface area (Å²) in [5, 5.41) is 0. The van der Waals surface area contributed by atoms with E-state index >= 15 is 0 Å². The molecule has 0 aromatic carbocycles. The average molecular weight is 155 g/mol. The van der Waals surface area contributed by atoms with Gasteiger partial charge in [0.25, 0.3) is 0 Å². The summed E-state index contributed by atoms with van der Waals surface area (Å²) in [4.78, 5) is 0. The highest BCUT2D eigenvalue weighted by Crippen LogP contribution is 2.17. The van der Waals surface area contributed by atoms with Gasteiger partial charge >= 0.3 is 0 Å². The number of nitrogens with two attached hydrogens (primary N) is 1. The molecule has 0 atom stereocenters. The van der Waals surface area contributed by atoms with Crippen molar-refractivity contribution in [2.45, 2.75) is 32.1 Å². The second-order valence-corrected chi connectivity index (χ2v) is 2.91. The molecule has 1 aliphatic carbocycles. The van der Waals surface area contributed by atoms with E-state index in [0.29, 0.717) is 0 Å². The van der Waals surface area contributed by atoms with E-state index in [2.05, 4.69) is 6.08 Å². The van der Waals surface area contributed by atoms with Crippen LogP contribution in [0, 0.1) is 0 Å². The smallest absolute Gasteiger partial charge is 0.0919 e. The summed E-state index contributed by atoms with van der Waals surface area (Å²) in [6.07, 6.45) is 8.11. The quantitative estimate of drug-likeness (QED) is 0.628. The first-order valence-corrected chi connectivity index (χ1v) is 4.45. The zero-order chi connectivity index (χ0) is 7.94. The van der Waals surface area contributed by atoms with Crippen LogP contribution >= 0.6 is 0 Å². The third-order valence-corrected chi connectivity index (χ3v) is 1.89. The normalized spacial score (nSPS) is 17.7. The summed E-state index contributed by atoms with van der Waals surface area (Å²) in [6, 6.07) is 0. The van der Waals surface area contributed by atoms with Crippen LogP contribution in [0.3, 0.4) is 0 Å². The van der Waals surface area contributed by atoms with E-state index in [4.69, 9.17) is 10.5 Å². The summed E-state index contributed by atoms with van der Waals surface area (Å²) < 4.78 is 5.50. The fraction of sp³-hybridized carbons (Fsp3) is 0.778. The maximum atomic E-state index is 5.50. The van der Waals surface area contributed by atoms with Crippen molar-refractivity contribution >= 4 is 0 Å². The van der Waals surface area contributed by atoms with E-state index < -0.39 is 0 Å². The molecule has 1 rings (SSSR count). The summed E-state index contributed by atoms with van der Waals surface area (Å²) in [6.45, 7) is 1.52. The van der Waals surface area contributed by atoms with Crippen LogP contribution in [-0.4, -0.2) is 13.2 Å². The van der Waals surface area contributed by atoms with E-state index in [1.807, 2.05) is 0 Å². The minimum atomic E-state index is 0.729. The number of ether oxygens (including phenoxy) is 1. The molecule has 2 N–H and O–H groups in total. The first kappa shape index (κ1) is 8.60. The lowest BCUT2D eigenvalue weighted by atomic mass is 10.1. The maximum Gasteiger partial charge on any atom is 0.0919 e. The molecule has 0 saturated carbocycles. The van der Waals surface area contributed by atoms with Crippen molar-refractivity contribution in [1.29, 1.82) is 0 Å². The molecule has 0 saturated heterocycles. The zero-order valence-electron chi connectivity index (χ0n) is 7.01. The van der Waals surface area contributed by atoms with Gasteiger partial charge < -0.3 is 10.5 Å². The Morgan fingerprint density at radius 2 is 2.36 bits per heavy atom. The molecule has 0 spiro atoms. The van der Waals surface area contributed by atoms with Crippen LogP contribution in [0.2, 0.25) is 0 Å². The van der Waals surface area contributed by atoms with Gasteiger partial charge in [-0.25, -0.2) is 0 Å². The van der Waals surface area contributed by atoms with Crippen molar-refractivity contribution in [2.75, 3.05) is 13.2 Å². The van der Waals surface area contributed by atoms with E-state index in [9.17, 15) is 0 Å². The third kappa shape index (κ3) is 3.42. The van der Waals surface area contributed by atoms with Gasteiger partial charge in [0, 0.05) is 6.42 Å². The fourth-order valence-electron chi connectivity index (χ4n) is 1.23. The van der Waals surface area contributed by atoms with Crippen LogP contribution in [0.25, 0.3) is 0 Å². The molecule has 1 aliphatic rings. The Bertz CT molecular complexity index is 132. The van der Waals surface area contributed by atoms with Crippen molar-refractivity contribution in [1.82, 2.24) is 0 Å². The molecule has 64 valence electrons. The van der Waals surface area contributed by atoms with Gasteiger partial charge in [0.05, 0.1) is 12.4 Å². The molecular weight excluding hydrogens is 138 g/mol.